The molecule has 3 aromatic rings. The lowest BCUT2D eigenvalue weighted by Crippen LogP contribution is -2.28. The summed E-state index contributed by atoms with van der Waals surface area (Å²) in [5.41, 5.74) is 1.40. The molecule has 0 unspecified atom stereocenters. The topological polar surface area (TPSA) is 85.0 Å². The highest BCUT2D eigenvalue weighted by Crippen LogP contribution is 2.25. The molecule has 1 heterocycles. The van der Waals surface area contributed by atoms with Crippen LogP contribution < -0.4 is 5.56 Å². The van der Waals surface area contributed by atoms with Crippen LogP contribution in [0.15, 0.2) is 59.4 Å². The van der Waals surface area contributed by atoms with E-state index in [1.165, 1.54) is 0 Å². The fourth-order valence-corrected chi connectivity index (χ4v) is 2.72. The summed E-state index contributed by atoms with van der Waals surface area (Å²) >= 11 is 0. The first-order chi connectivity index (χ1) is 13.1. The first kappa shape index (κ1) is 18.1. The van der Waals surface area contributed by atoms with Gasteiger partial charge in [-0.1, -0.05) is 48.0 Å². The summed E-state index contributed by atoms with van der Waals surface area (Å²) in [6.07, 6.45) is 0. The summed E-state index contributed by atoms with van der Waals surface area (Å²) in [5.74, 6) is -0.686. The lowest BCUT2D eigenvalue weighted by atomic mass is 9.99. The van der Waals surface area contributed by atoms with Crippen LogP contribution >= 0.6 is 0 Å². The zero-order valence-electron chi connectivity index (χ0n) is 15.0. The maximum Gasteiger partial charge on any atom is 0.359 e. The van der Waals surface area contributed by atoms with E-state index in [9.17, 15) is 14.9 Å². The number of esters is 1. The predicted octanol–water partition coefficient (Wildman–Crippen LogP) is 3.26. The molecular formula is C21H17N3O3. The highest BCUT2D eigenvalue weighted by Gasteiger charge is 2.25. The minimum atomic E-state index is -0.686. The fourth-order valence-electron chi connectivity index (χ4n) is 2.72. The normalized spacial score (nSPS) is 10.3. The molecule has 0 spiro atoms. The molecule has 6 heteroatoms. The summed E-state index contributed by atoms with van der Waals surface area (Å²) in [4.78, 5) is 25.5. The Kier molecular flexibility index (Phi) is 5.13. The third-order valence-electron chi connectivity index (χ3n) is 4.01. The summed E-state index contributed by atoms with van der Waals surface area (Å²) in [7, 11) is 0. The number of rotatable bonds is 4. The van der Waals surface area contributed by atoms with Gasteiger partial charge in [-0.3, -0.25) is 4.79 Å². The van der Waals surface area contributed by atoms with E-state index in [-0.39, 0.29) is 23.4 Å². The zero-order valence-corrected chi connectivity index (χ0v) is 15.0. The molecule has 3 rings (SSSR count). The first-order valence-electron chi connectivity index (χ1n) is 8.43. The van der Waals surface area contributed by atoms with Gasteiger partial charge >= 0.3 is 5.97 Å². The van der Waals surface area contributed by atoms with Crippen molar-refractivity contribution in [1.29, 1.82) is 5.26 Å². The minimum Gasteiger partial charge on any atom is -0.461 e. The fraction of sp³-hybridized carbons (Fsp3) is 0.143. The van der Waals surface area contributed by atoms with E-state index in [1.54, 1.807) is 49.4 Å². The number of nitrogens with zero attached hydrogens (tertiary/aromatic N) is 3. The van der Waals surface area contributed by atoms with Crippen molar-refractivity contribution in [2.45, 2.75) is 13.8 Å². The molecule has 0 aliphatic carbocycles. The number of ether oxygens (including phenoxy) is 1. The average Bonchev–Trinajstić information content (AvgIpc) is 2.69. The SMILES string of the molecule is CCOC(=O)c1nn(-c2ccc(C)cc2)c(=O)c(C#N)c1-c1ccccc1. The highest BCUT2D eigenvalue weighted by molar-refractivity contribution is 5.96. The minimum absolute atomic E-state index is 0.0697. The van der Waals surface area contributed by atoms with Crippen LogP contribution in [0.1, 0.15) is 28.5 Å². The van der Waals surface area contributed by atoms with Gasteiger partial charge in [-0.25, -0.2) is 4.79 Å². The van der Waals surface area contributed by atoms with E-state index >= 15 is 0 Å². The van der Waals surface area contributed by atoms with E-state index in [0.29, 0.717) is 11.3 Å². The second-order valence-corrected chi connectivity index (χ2v) is 5.85. The van der Waals surface area contributed by atoms with Crippen LogP contribution in [0.2, 0.25) is 0 Å². The van der Waals surface area contributed by atoms with Crippen molar-refractivity contribution in [2.75, 3.05) is 6.61 Å². The Morgan fingerprint density at radius 3 is 2.41 bits per heavy atom. The van der Waals surface area contributed by atoms with E-state index in [1.807, 2.05) is 25.1 Å². The van der Waals surface area contributed by atoms with Crippen LogP contribution in [0.3, 0.4) is 0 Å². The number of carbonyl (C=O) groups excluding carboxylic acids is 1. The third kappa shape index (κ3) is 3.48. The number of carbonyl (C=O) groups is 1. The average molecular weight is 359 g/mol. The van der Waals surface area contributed by atoms with Crippen molar-refractivity contribution in [2.24, 2.45) is 0 Å². The molecule has 134 valence electrons. The number of hydrogen-bond acceptors (Lipinski definition) is 5. The van der Waals surface area contributed by atoms with Crippen molar-refractivity contribution >= 4 is 5.97 Å². The largest absolute Gasteiger partial charge is 0.461 e. The summed E-state index contributed by atoms with van der Waals surface area (Å²) < 4.78 is 6.18. The van der Waals surface area contributed by atoms with Gasteiger partial charge in [0.15, 0.2) is 5.69 Å². The number of aryl methyl sites for hydroxylation is 1. The summed E-state index contributed by atoms with van der Waals surface area (Å²) in [5, 5.41) is 13.9. The Bertz CT molecular complexity index is 1080. The van der Waals surface area contributed by atoms with Gasteiger partial charge in [0.1, 0.15) is 11.6 Å². The predicted molar refractivity (Wildman–Crippen MR) is 101 cm³/mol. The Morgan fingerprint density at radius 2 is 1.81 bits per heavy atom. The molecule has 2 aromatic carbocycles. The van der Waals surface area contributed by atoms with Crippen molar-refractivity contribution in [3.8, 4) is 22.9 Å². The zero-order chi connectivity index (χ0) is 19.4. The van der Waals surface area contributed by atoms with E-state index < -0.39 is 11.5 Å². The van der Waals surface area contributed by atoms with Crippen molar-refractivity contribution in [1.82, 2.24) is 9.78 Å². The maximum atomic E-state index is 12.9. The molecule has 0 saturated carbocycles. The Labute approximate surface area is 156 Å². The quantitative estimate of drug-likeness (QED) is 0.668. The first-order valence-corrected chi connectivity index (χ1v) is 8.43. The van der Waals surface area contributed by atoms with Gasteiger partial charge in [-0.15, -0.1) is 0 Å². The molecule has 0 atom stereocenters. The van der Waals surface area contributed by atoms with E-state index in [4.69, 9.17) is 4.74 Å². The van der Waals surface area contributed by atoms with Crippen LogP contribution in [0.5, 0.6) is 0 Å². The molecule has 6 nitrogen and oxygen atoms in total. The summed E-state index contributed by atoms with van der Waals surface area (Å²) in [6, 6.07) is 17.8. The van der Waals surface area contributed by atoms with Gasteiger partial charge in [0.2, 0.25) is 0 Å². The Hall–Kier alpha value is -3.72. The van der Waals surface area contributed by atoms with Gasteiger partial charge in [0, 0.05) is 5.56 Å². The van der Waals surface area contributed by atoms with Crippen LogP contribution in [0.4, 0.5) is 0 Å². The van der Waals surface area contributed by atoms with Crippen molar-refractivity contribution < 1.29 is 9.53 Å². The van der Waals surface area contributed by atoms with Crippen LogP contribution in [-0.2, 0) is 4.74 Å². The molecule has 0 saturated heterocycles. The van der Waals surface area contributed by atoms with Crippen molar-refractivity contribution in [3.05, 3.63) is 81.8 Å². The summed E-state index contributed by atoms with van der Waals surface area (Å²) in [6.45, 7) is 3.75. The van der Waals surface area contributed by atoms with Gasteiger partial charge in [-0.05, 0) is 31.5 Å². The molecule has 0 aliphatic heterocycles. The molecular weight excluding hydrogens is 342 g/mol. The highest BCUT2D eigenvalue weighted by atomic mass is 16.5. The van der Waals surface area contributed by atoms with Crippen LogP contribution in [0, 0.1) is 18.3 Å². The molecule has 0 N–H and O–H groups in total. The molecule has 0 amide bonds. The lowest BCUT2D eigenvalue weighted by Gasteiger charge is -2.13. The molecule has 0 fully saturated rings. The smallest absolute Gasteiger partial charge is 0.359 e. The monoisotopic (exact) mass is 359 g/mol. The standard InChI is InChI=1S/C21H17N3O3/c1-3-27-21(26)19-18(15-7-5-4-6-8-15)17(13-22)20(25)24(23-19)16-11-9-14(2)10-12-16/h4-12H,3H2,1-2H3. The molecule has 27 heavy (non-hydrogen) atoms. The number of benzene rings is 2. The molecule has 0 aliphatic rings. The Morgan fingerprint density at radius 1 is 1.15 bits per heavy atom. The van der Waals surface area contributed by atoms with E-state index in [2.05, 4.69) is 5.10 Å². The second-order valence-electron chi connectivity index (χ2n) is 5.85. The van der Waals surface area contributed by atoms with Crippen molar-refractivity contribution in [3.63, 3.8) is 0 Å². The third-order valence-corrected chi connectivity index (χ3v) is 4.01. The van der Waals surface area contributed by atoms with Gasteiger partial charge in [0.05, 0.1) is 12.3 Å². The van der Waals surface area contributed by atoms with Gasteiger partial charge in [0.25, 0.3) is 5.56 Å². The number of aromatic nitrogens is 2. The molecule has 1 aromatic heterocycles. The van der Waals surface area contributed by atoms with Gasteiger partial charge < -0.3 is 4.74 Å². The number of hydrogen-bond donors (Lipinski definition) is 0. The van der Waals surface area contributed by atoms with Crippen LogP contribution in [0.25, 0.3) is 16.8 Å². The lowest BCUT2D eigenvalue weighted by molar-refractivity contribution is 0.0518. The second kappa shape index (κ2) is 7.67. The van der Waals surface area contributed by atoms with E-state index in [0.717, 1.165) is 10.2 Å². The van der Waals surface area contributed by atoms with Crippen LogP contribution in [-0.4, -0.2) is 22.4 Å². The maximum absolute atomic E-state index is 12.9. The van der Waals surface area contributed by atoms with Gasteiger partial charge in [-0.2, -0.15) is 15.0 Å². The molecule has 0 radical (unpaired) electrons. The number of nitriles is 1. The molecule has 0 bridgehead atoms. The Balaban J connectivity index is 2.36.